The van der Waals surface area contributed by atoms with E-state index in [-0.39, 0.29) is 40.1 Å². The number of piperazine rings is 1. The van der Waals surface area contributed by atoms with Crippen LogP contribution in [0.2, 0.25) is 5.02 Å². The zero-order valence-electron chi connectivity index (χ0n) is 30.9. The van der Waals surface area contributed by atoms with Crippen molar-refractivity contribution in [3.8, 4) is 5.75 Å². The van der Waals surface area contributed by atoms with Crippen molar-refractivity contribution in [2.75, 3.05) is 44.3 Å². The number of carbonyl (C=O) groups is 1. The lowest BCUT2D eigenvalue weighted by Gasteiger charge is -2.50. The van der Waals surface area contributed by atoms with Gasteiger partial charge < -0.3 is 19.7 Å². The largest absolute Gasteiger partial charge is 0.491 e. The number of amides is 1. The molecule has 1 saturated carbocycles. The molecule has 7 rings (SSSR count). The van der Waals surface area contributed by atoms with E-state index in [1.807, 2.05) is 13.0 Å². The van der Waals surface area contributed by atoms with Crippen molar-refractivity contribution in [3.05, 3.63) is 70.0 Å². The second-order valence-electron chi connectivity index (χ2n) is 16.1. The molecule has 1 amide bonds. The van der Waals surface area contributed by atoms with Crippen LogP contribution in [0.1, 0.15) is 81.3 Å². The van der Waals surface area contributed by atoms with Crippen molar-refractivity contribution in [2.45, 2.75) is 95.7 Å². The Labute approximate surface area is 313 Å². The molecule has 52 heavy (non-hydrogen) atoms. The van der Waals surface area contributed by atoms with E-state index in [1.54, 1.807) is 31.2 Å². The summed E-state index contributed by atoms with van der Waals surface area (Å²) in [4.78, 5) is 18.4. The molecule has 0 aromatic heterocycles. The Kier molecular flexibility index (Phi) is 11.0. The van der Waals surface area contributed by atoms with E-state index in [4.69, 9.17) is 21.1 Å². The number of fused-ring (bicyclic) bond motifs is 6. The minimum Gasteiger partial charge on any atom is -0.491 e. The van der Waals surface area contributed by atoms with Crippen molar-refractivity contribution in [1.29, 1.82) is 0 Å². The lowest BCUT2D eigenvalue weighted by molar-refractivity contribution is -0.108. The number of anilines is 1. The van der Waals surface area contributed by atoms with Gasteiger partial charge in [-0.2, -0.15) is 0 Å². The number of hydrogen-bond donors (Lipinski definition) is 2. The van der Waals surface area contributed by atoms with Crippen molar-refractivity contribution in [2.24, 2.45) is 23.7 Å². The van der Waals surface area contributed by atoms with Crippen LogP contribution in [0.4, 0.5) is 10.1 Å². The summed E-state index contributed by atoms with van der Waals surface area (Å²) in [5.41, 5.74) is 1.82. The lowest BCUT2D eigenvalue weighted by atomic mass is 9.63. The molecule has 2 fully saturated rings. The number of sulfonamides is 1. The first-order valence-corrected chi connectivity index (χ1v) is 21.1. The Balaban J connectivity index is 1.27. The van der Waals surface area contributed by atoms with Crippen LogP contribution in [-0.2, 0) is 27.7 Å². The summed E-state index contributed by atoms with van der Waals surface area (Å²) in [6.45, 7) is 12.9. The molecule has 5 aliphatic rings. The topological polar surface area (TPSA) is 100 Å². The van der Waals surface area contributed by atoms with Gasteiger partial charge in [0.2, 0.25) is 10.0 Å². The fourth-order valence-electron chi connectivity index (χ4n) is 9.37. The fourth-order valence-corrected chi connectivity index (χ4v) is 10.9. The van der Waals surface area contributed by atoms with E-state index in [0.29, 0.717) is 74.6 Å². The van der Waals surface area contributed by atoms with Gasteiger partial charge in [0.1, 0.15) is 11.6 Å². The van der Waals surface area contributed by atoms with E-state index >= 15 is 4.39 Å². The molecule has 0 spiro atoms. The number of nitrogens with one attached hydrogen (secondary N) is 2. The predicted molar refractivity (Wildman–Crippen MR) is 203 cm³/mol. The number of benzene rings is 2. The number of ether oxygens (including phenoxy) is 2. The molecule has 2 aromatic carbocycles. The standard InChI is InChI=1S/C40H54ClFN4O5S/c1-25-21-45(22-26(2)43-25)16-18-51-40-15-14-30(20-40)27(3)28(4)52(48,49)44-39(47)29-10-13-37-36(19-29)46(24-32-8-11-34(32)40)23-31-9-12-35(41)38(42)33(31)7-5-6-17-50-37/h9-10,12-15,19,25-28,30,32,34,43H,5-8,11,16-18,20-24H2,1-4H3,(H,44,47)/t25-,26+,27-,28-,30+,32+,34-,40?/m1/s1. The van der Waals surface area contributed by atoms with Crippen LogP contribution in [-0.4, -0.2) is 81.6 Å². The average Bonchev–Trinajstić information content (AvgIpc) is 3.49. The molecule has 284 valence electrons. The van der Waals surface area contributed by atoms with Crippen LogP contribution < -0.4 is 19.7 Å². The highest BCUT2D eigenvalue weighted by molar-refractivity contribution is 7.90. The summed E-state index contributed by atoms with van der Waals surface area (Å²) < 4.78 is 59.0. The predicted octanol–water partition coefficient (Wildman–Crippen LogP) is 6.34. The number of halogens is 2. The summed E-state index contributed by atoms with van der Waals surface area (Å²) in [5.74, 6) is -0.301. The molecule has 2 aliphatic carbocycles. The van der Waals surface area contributed by atoms with Crippen molar-refractivity contribution < 1.29 is 27.1 Å². The van der Waals surface area contributed by atoms with E-state index in [1.165, 1.54) is 0 Å². The van der Waals surface area contributed by atoms with Gasteiger partial charge in [-0.3, -0.25) is 9.69 Å². The smallest absolute Gasteiger partial charge is 0.264 e. The summed E-state index contributed by atoms with van der Waals surface area (Å²) in [5, 5.41) is 2.90. The zero-order chi connectivity index (χ0) is 36.8. The van der Waals surface area contributed by atoms with E-state index < -0.39 is 26.8 Å². The SMILES string of the molecule is C[C@@H]1[C@@H](C)S(=O)(=O)NC(=O)c2ccc3c(c2)N(Cc2ccc(Cl)c(F)c2CCCCO3)C[C@@H]2CC[C@H]2C2(OCCN3C[C@@H](C)N[C@@H](C)C3)C=C[C@H]1C2. The quantitative estimate of drug-likeness (QED) is 0.349. The third kappa shape index (κ3) is 7.63. The van der Waals surface area contributed by atoms with Gasteiger partial charge in [-0.1, -0.05) is 36.7 Å². The monoisotopic (exact) mass is 756 g/mol. The van der Waals surface area contributed by atoms with Crippen LogP contribution in [0.5, 0.6) is 5.75 Å². The molecule has 2 aromatic rings. The number of allylic oxidation sites excluding steroid dienone is 1. The Hall–Kier alpha value is -2.70. The van der Waals surface area contributed by atoms with Gasteiger partial charge >= 0.3 is 0 Å². The molecule has 0 radical (unpaired) electrons. The molecule has 3 heterocycles. The van der Waals surface area contributed by atoms with Crippen molar-refractivity contribution in [1.82, 2.24) is 14.9 Å². The van der Waals surface area contributed by atoms with Gasteiger partial charge in [0.15, 0.2) is 0 Å². The maximum Gasteiger partial charge on any atom is 0.264 e. The lowest BCUT2D eigenvalue weighted by Crippen LogP contribution is -2.55. The normalized spacial score (nSPS) is 33.6. The molecule has 1 unspecified atom stereocenters. The molecular weight excluding hydrogens is 703 g/mol. The average molecular weight is 757 g/mol. The fraction of sp³-hybridized carbons (Fsp3) is 0.625. The number of hydrogen-bond acceptors (Lipinski definition) is 8. The Morgan fingerprint density at radius 2 is 1.85 bits per heavy atom. The van der Waals surface area contributed by atoms with Crippen LogP contribution >= 0.6 is 11.6 Å². The van der Waals surface area contributed by atoms with E-state index in [2.05, 4.69) is 45.8 Å². The molecule has 12 heteroatoms. The van der Waals surface area contributed by atoms with Crippen LogP contribution in [0.25, 0.3) is 0 Å². The first-order valence-electron chi connectivity index (χ1n) is 19.2. The zero-order valence-corrected chi connectivity index (χ0v) is 32.4. The summed E-state index contributed by atoms with van der Waals surface area (Å²) >= 11 is 6.30. The minimum absolute atomic E-state index is 0.0364. The summed E-state index contributed by atoms with van der Waals surface area (Å²) in [7, 11) is -4.02. The molecule has 4 bridgehead atoms. The molecular formula is C40H54ClFN4O5S. The number of nitrogens with zero attached hydrogens (tertiary/aromatic N) is 2. The van der Waals surface area contributed by atoms with Gasteiger partial charge in [0.25, 0.3) is 5.91 Å². The highest BCUT2D eigenvalue weighted by Crippen LogP contribution is 2.52. The molecule has 2 N–H and O–H groups in total. The highest BCUT2D eigenvalue weighted by atomic mass is 35.5. The van der Waals surface area contributed by atoms with Crippen molar-refractivity contribution in [3.63, 3.8) is 0 Å². The molecule has 8 atom stereocenters. The number of rotatable bonds is 4. The molecule has 1 saturated heterocycles. The van der Waals surface area contributed by atoms with Crippen LogP contribution in [0, 0.1) is 29.5 Å². The first-order chi connectivity index (χ1) is 24.8. The third-order valence-electron chi connectivity index (χ3n) is 12.5. The third-order valence-corrected chi connectivity index (χ3v) is 14.7. The van der Waals surface area contributed by atoms with Crippen LogP contribution in [0.3, 0.4) is 0 Å². The van der Waals surface area contributed by atoms with E-state index in [0.717, 1.165) is 44.5 Å². The Bertz CT molecular complexity index is 1780. The molecule has 9 nitrogen and oxygen atoms in total. The van der Waals surface area contributed by atoms with Gasteiger partial charge in [0, 0.05) is 50.4 Å². The van der Waals surface area contributed by atoms with E-state index in [9.17, 15) is 13.2 Å². The van der Waals surface area contributed by atoms with Crippen LogP contribution in [0.15, 0.2) is 42.5 Å². The minimum atomic E-state index is -4.02. The van der Waals surface area contributed by atoms with Gasteiger partial charge in [-0.05, 0) is 118 Å². The van der Waals surface area contributed by atoms with Gasteiger partial charge in [-0.25, -0.2) is 17.5 Å². The first kappa shape index (κ1) is 37.6. The van der Waals surface area contributed by atoms with Crippen molar-refractivity contribution >= 4 is 33.2 Å². The maximum absolute atomic E-state index is 15.6. The second kappa shape index (κ2) is 15.2. The maximum atomic E-state index is 15.6. The Morgan fingerprint density at radius 1 is 1.06 bits per heavy atom. The summed E-state index contributed by atoms with van der Waals surface area (Å²) in [6.07, 6.45) is 9.05. The second-order valence-corrected chi connectivity index (χ2v) is 18.6. The molecule has 3 aliphatic heterocycles. The highest BCUT2D eigenvalue weighted by Gasteiger charge is 2.52. The summed E-state index contributed by atoms with van der Waals surface area (Å²) in [6, 6.07) is 9.48. The Morgan fingerprint density at radius 3 is 2.60 bits per heavy atom. The van der Waals surface area contributed by atoms with Gasteiger partial charge in [0.05, 0.1) is 34.8 Å². The number of carbonyl (C=O) groups excluding carboxylic acids is 1. The van der Waals surface area contributed by atoms with Gasteiger partial charge in [-0.15, -0.1) is 0 Å².